The third-order valence-electron chi connectivity index (χ3n) is 12.9. The summed E-state index contributed by atoms with van der Waals surface area (Å²) in [5.74, 6) is -0.896. The van der Waals surface area contributed by atoms with E-state index in [4.69, 9.17) is 14.2 Å². The minimum absolute atomic E-state index is 0.0797. The van der Waals surface area contributed by atoms with Crippen LogP contribution in [-0.2, 0) is 28.6 Å². The van der Waals surface area contributed by atoms with Gasteiger partial charge in [0.05, 0.1) is 0 Å². The van der Waals surface area contributed by atoms with Gasteiger partial charge in [-0.25, -0.2) is 0 Å². The standard InChI is InChI=1S/C60H110O6/c1-4-7-10-13-16-19-22-24-25-26-27-28-29-30-31-32-33-34-35-37-38-41-44-47-50-53-59(62)65-56-57(55-64-58(61)52-49-46-43-40-21-18-15-12-9-6-3)66-60(63)54-51-48-45-42-39-36-23-20-17-14-11-8-5-2/h8,11,17,20,36,39,57H,4-7,9-10,12-16,18-19,21-35,37-38,40-56H2,1-3H3/b11-8-,20-17-,39-36-. The van der Waals surface area contributed by atoms with E-state index in [0.29, 0.717) is 19.3 Å². The van der Waals surface area contributed by atoms with E-state index in [1.165, 1.54) is 186 Å². The third-order valence-corrected chi connectivity index (χ3v) is 12.9. The van der Waals surface area contributed by atoms with Crippen LogP contribution in [0.15, 0.2) is 36.5 Å². The first-order valence-electron chi connectivity index (χ1n) is 29.0. The fourth-order valence-electron chi connectivity index (χ4n) is 8.58. The van der Waals surface area contributed by atoms with E-state index < -0.39 is 6.10 Å². The first-order chi connectivity index (χ1) is 32.5. The Labute approximate surface area is 410 Å². The largest absolute Gasteiger partial charge is 0.462 e. The molecule has 0 aromatic heterocycles. The van der Waals surface area contributed by atoms with Gasteiger partial charge >= 0.3 is 17.9 Å². The number of ether oxygens (including phenoxy) is 3. The molecular formula is C60H110O6. The van der Waals surface area contributed by atoms with E-state index in [0.717, 1.165) is 83.5 Å². The second kappa shape index (κ2) is 55.2. The summed E-state index contributed by atoms with van der Waals surface area (Å²) in [7, 11) is 0. The van der Waals surface area contributed by atoms with Crippen molar-refractivity contribution in [1.82, 2.24) is 0 Å². The van der Waals surface area contributed by atoms with Crippen molar-refractivity contribution in [2.75, 3.05) is 13.2 Å². The minimum Gasteiger partial charge on any atom is -0.462 e. The fraction of sp³-hybridized carbons (Fsp3) is 0.850. The average molecular weight is 928 g/mol. The SMILES string of the molecule is CC/C=C\C/C=C\C/C=C\CCCCCC(=O)OC(COC(=O)CCCCCCCCCCCC)COC(=O)CCCCCCCCCCCCCCCCCCCCCCCCCCC. The Morgan fingerprint density at radius 3 is 0.924 bits per heavy atom. The van der Waals surface area contributed by atoms with Gasteiger partial charge in [0.1, 0.15) is 13.2 Å². The highest BCUT2D eigenvalue weighted by Gasteiger charge is 2.19. The molecule has 0 rings (SSSR count). The lowest BCUT2D eigenvalue weighted by atomic mass is 10.0. The van der Waals surface area contributed by atoms with Gasteiger partial charge in [-0.1, -0.05) is 276 Å². The lowest BCUT2D eigenvalue weighted by Gasteiger charge is -2.18. The van der Waals surface area contributed by atoms with Crippen LogP contribution in [0, 0.1) is 0 Å². The highest BCUT2D eigenvalue weighted by Crippen LogP contribution is 2.17. The fourth-order valence-corrected chi connectivity index (χ4v) is 8.58. The molecule has 0 heterocycles. The van der Waals surface area contributed by atoms with E-state index in [-0.39, 0.29) is 31.1 Å². The average Bonchev–Trinajstić information content (AvgIpc) is 3.31. The molecule has 0 aromatic carbocycles. The molecule has 0 N–H and O–H groups in total. The maximum Gasteiger partial charge on any atom is 0.306 e. The molecule has 0 aliphatic carbocycles. The number of carbonyl (C=O) groups excluding carboxylic acids is 3. The lowest BCUT2D eigenvalue weighted by Crippen LogP contribution is -2.30. The Bertz CT molecular complexity index is 1110. The zero-order valence-corrected chi connectivity index (χ0v) is 44.2. The normalized spacial score (nSPS) is 12.2. The number of hydrogen-bond acceptors (Lipinski definition) is 6. The van der Waals surface area contributed by atoms with E-state index in [1.54, 1.807) is 0 Å². The van der Waals surface area contributed by atoms with E-state index in [9.17, 15) is 14.4 Å². The van der Waals surface area contributed by atoms with Crippen molar-refractivity contribution in [1.29, 1.82) is 0 Å². The van der Waals surface area contributed by atoms with Gasteiger partial charge in [-0.05, 0) is 51.4 Å². The number of hydrogen-bond donors (Lipinski definition) is 0. The summed E-state index contributed by atoms with van der Waals surface area (Å²) < 4.78 is 16.8. The molecule has 0 radical (unpaired) electrons. The molecule has 1 unspecified atom stereocenters. The third kappa shape index (κ3) is 52.6. The molecule has 1 atom stereocenters. The van der Waals surface area contributed by atoms with Gasteiger partial charge in [0.25, 0.3) is 0 Å². The van der Waals surface area contributed by atoms with Crippen LogP contribution < -0.4 is 0 Å². The Morgan fingerprint density at radius 1 is 0.318 bits per heavy atom. The van der Waals surface area contributed by atoms with Crippen LogP contribution in [-0.4, -0.2) is 37.2 Å². The molecule has 386 valence electrons. The Hall–Kier alpha value is -2.37. The van der Waals surface area contributed by atoms with Crippen LogP contribution in [0.3, 0.4) is 0 Å². The summed E-state index contributed by atoms with van der Waals surface area (Å²) in [6.45, 7) is 6.53. The monoisotopic (exact) mass is 927 g/mol. The van der Waals surface area contributed by atoms with Crippen LogP contribution in [0.5, 0.6) is 0 Å². The van der Waals surface area contributed by atoms with Gasteiger partial charge in [0.2, 0.25) is 0 Å². The predicted molar refractivity (Wildman–Crippen MR) is 284 cm³/mol. The highest BCUT2D eigenvalue weighted by molar-refractivity contribution is 5.71. The molecule has 6 heteroatoms. The van der Waals surface area contributed by atoms with E-state index in [1.807, 2.05) is 0 Å². The predicted octanol–water partition coefficient (Wildman–Crippen LogP) is 19.3. The van der Waals surface area contributed by atoms with Crippen LogP contribution in [0.1, 0.15) is 310 Å². The summed E-state index contributed by atoms with van der Waals surface area (Å²) in [4.78, 5) is 38.0. The second-order valence-corrected chi connectivity index (χ2v) is 19.5. The number of rotatable bonds is 53. The van der Waals surface area contributed by atoms with Crippen molar-refractivity contribution in [3.05, 3.63) is 36.5 Å². The topological polar surface area (TPSA) is 78.9 Å². The zero-order chi connectivity index (χ0) is 47.9. The summed E-state index contributed by atoms with van der Waals surface area (Å²) in [6.07, 6.45) is 65.9. The maximum absolute atomic E-state index is 12.8. The van der Waals surface area contributed by atoms with E-state index >= 15 is 0 Å². The van der Waals surface area contributed by atoms with Crippen LogP contribution in [0.4, 0.5) is 0 Å². The molecule has 0 aliphatic rings. The molecule has 0 fully saturated rings. The van der Waals surface area contributed by atoms with Gasteiger partial charge in [0, 0.05) is 19.3 Å². The number of unbranched alkanes of at least 4 members (excludes halogenated alkanes) is 36. The summed E-state index contributed by atoms with van der Waals surface area (Å²) >= 11 is 0. The first kappa shape index (κ1) is 63.6. The molecule has 66 heavy (non-hydrogen) atoms. The van der Waals surface area contributed by atoms with Crippen molar-refractivity contribution in [2.45, 2.75) is 316 Å². The zero-order valence-electron chi connectivity index (χ0n) is 44.2. The molecule has 0 aliphatic heterocycles. The van der Waals surface area contributed by atoms with Crippen molar-refractivity contribution in [3.8, 4) is 0 Å². The van der Waals surface area contributed by atoms with Crippen molar-refractivity contribution >= 4 is 17.9 Å². The number of esters is 3. The lowest BCUT2D eigenvalue weighted by molar-refractivity contribution is -0.167. The van der Waals surface area contributed by atoms with Crippen LogP contribution in [0.25, 0.3) is 0 Å². The van der Waals surface area contributed by atoms with Crippen LogP contribution >= 0.6 is 0 Å². The van der Waals surface area contributed by atoms with Gasteiger partial charge < -0.3 is 14.2 Å². The minimum atomic E-state index is -0.782. The molecule has 0 bridgehead atoms. The molecule has 0 saturated heterocycles. The summed E-state index contributed by atoms with van der Waals surface area (Å²) in [5, 5.41) is 0. The van der Waals surface area contributed by atoms with Crippen molar-refractivity contribution in [3.63, 3.8) is 0 Å². The number of carbonyl (C=O) groups is 3. The van der Waals surface area contributed by atoms with Gasteiger partial charge in [-0.15, -0.1) is 0 Å². The highest BCUT2D eigenvalue weighted by atomic mass is 16.6. The molecule has 6 nitrogen and oxygen atoms in total. The summed E-state index contributed by atoms with van der Waals surface area (Å²) in [5.41, 5.74) is 0. The Kier molecular flexibility index (Phi) is 53.2. The van der Waals surface area contributed by atoms with Gasteiger partial charge in [-0.3, -0.25) is 14.4 Å². The van der Waals surface area contributed by atoms with Crippen LogP contribution in [0.2, 0.25) is 0 Å². The maximum atomic E-state index is 12.8. The van der Waals surface area contributed by atoms with E-state index in [2.05, 4.69) is 57.2 Å². The second-order valence-electron chi connectivity index (χ2n) is 19.5. The molecule has 0 amide bonds. The van der Waals surface area contributed by atoms with Gasteiger partial charge in [-0.2, -0.15) is 0 Å². The summed E-state index contributed by atoms with van der Waals surface area (Å²) in [6, 6.07) is 0. The molecular weight excluding hydrogens is 817 g/mol. The molecule has 0 aromatic rings. The van der Waals surface area contributed by atoms with Gasteiger partial charge in [0.15, 0.2) is 6.10 Å². The van der Waals surface area contributed by atoms with Crippen molar-refractivity contribution in [2.24, 2.45) is 0 Å². The van der Waals surface area contributed by atoms with Crippen molar-refractivity contribution < 1.29 is 28.6 Å². The molecule has 0 spiro atoms. The first-order valence-corrected chi connectivity index (χ1v) is 29.0. The molecule has 0 saturated carbocycles. The smallest absolute Gasteiger partial charge is 0.306 e. The quantitative estimate of drug-likeness (QED) is 0.0262. The Balaban J connectivity index is 4.16. The number of allylic oxidation sites excluding steroid dienone is 6. The Morgan fingerprint density at radius 2 is 0.591 bits per heavy atom.